The zero-order valence-electron chi connectivity index (χ0n) is 13.4. The fourth-order valence-corrected chi connectivity index (χ4v) is 3.57. The molecule has 0 bridgehead atoms. The molecule has 0 fully saturated rings. The number of H-pyrrole nitrogens is 1. The van der Waals surface area contributed by atoms with Gasteiger partial charge >= 0.3 is 4.87 Å². The molecule has 3 rings (SSSR count). The Morgan fingerprint density at radius 1 is 1.17 bits per heavy atom. The minimum atomic E-state index is -0.0629. The molecule has 1 aliphatic rings. The van der Waals surface area contributed by atoms with Crippen LogP contribution in [0.15, 0.2) is 48.3 Å². The molecule has 1 aromatic heterocycles. The third-order valence-corrected chi connectivity index (χ3v) is 4.56. The standard InChI is InChI=1S/C18H20N2O3S/c1-3-7-20(8-4-2)12-16-17(19-18(21)24-16)13-5-6-14-15(11-13)23-10-9-22-14/h3-6,11H,1-2,7-10,12H2,(H,19,21). The zero-order chi connectivity index (χ0) is 16.9. The highest BCUT2D eigenvalue weighted by Gasteiger charge is 2.17. The number of benzene rings is 1. The average molecular weight is 344 g/mol. The second kappa shape index (κ2) is 7.51. The molecular formula is C18H20N2O3S. The SMILES string of the molecule is C=CCN(CC=C)Cc1sc(=O)[nH]c1-c1ccc2c(c1)OCCO2. The Kier molecular flexibility index (Phi) is 5.17. The number of aromatic amines is 1. The van der Waals surface area contributed by atoms with E-state index in [1.165, 1.54) is 11.3 Å². The van der Waals surface area contributed by atoms with Crippen molar-refractivity contribution < 1.29 is 9.47 Å². The van der Waals surface area contributed by atoms with E-state index in [1.807, 2.05) is 30.4 Å². The van der Waals surface area contributed by atoms with Crippen molar-refractivity contribution in [1.29, 1.82) is 0 Å². The van der Waals surface area contributed by atoms with E-state index >= 15 is 0 Å². The molecule has 0 amide bonds. The number of nitrogens with zero attached hydrogens (tertiary/aromatic N) is 1. The van der Waals surface area contributed by atoms with E-state index in [1.54, 1.807) is 0 Å². The van der Waals surface area contributed by atoms with Gasteiger partial charge in [-0.3, -0.25) is 9.69 Å². The minimum Gasteiger partial charge on any atom is -0.486 e. The minimum absolute atomic E-state index is 0.0629. The van der Waals surface area contributed by atoms with E-state index in [0.29, 0.717) is 25.5 Å². The van der Waals surface area contributed by atoms with Gasteiger partial charge in [0.15, 0.2) is 11.5 Å². The van der Waals surface area contributed by atoms with Gasteiger partial charge < -0.3 is 14.5 Å². The molecule has 1 aliphatic heterocycles. The number of hydrogen-bond acceptors (Lipinski definition) is 5. The van der Waals surface area contributed by atoms with Gasteiger partial charge in [0.2, 0.25) is 0 Å². The van der Waals surface area contributed by atoms with Crippen molar-refractivity contribution >= 4 is 11.3 Å². The topological polar surface area (TPSA) is 54.6 Å². The van der Waals surface area contributed by atoms with E-state index in [2.05, 4.69) is 23.0 Å². The molecule has 0 saturated carbocycles. The van der Waals surface area contributed by atoms with E-state index < -0.39 is 0 Å². The van der Waals surface area contributed by atoms with Crippen molar-refractivity contribution in [2.45, 2.75) is 6.54 Å². The number of thiazole rings is 1. The second-order valence-electron chi connectivity index (χ2n) is 5.44. The maximum atomic E-state index is 11.9. The highest BCUT2D eigenvalue weighted by molar-refractivity contribution is 7.09. The van der Waals surface area contributed by atoms with Gasteiger partial charge in [0.1, 0.15) is 13.2 Å². The van der Waals surface area contributed by atoms with Gasteiger partial charge in [-0.2, -0.15) is 0 Å². The monoisotopic (exact) mass is 344 g/mol. The van der Waals surface area contributed by atoms with Crippen LogP contribution in [0.1, 0.15) is 4.88 Å². The summed E-state index contributed by atoms with van der Waals surface area (Å²) in [6.45, 7) is 10.8. The first-order valence-corrected chi connectivity index (χ1v) is 8.59. The lowest BCUT2D eigenvalue weighted by molar-refractivity contribution is 0.171. The average Bonchev–Trinajstić information content (AvgIpc) is 2.95. The lowest BCUT2D eigenvalue weighted by Gasteiger charge is -2.20. The number of aromatic nitrogens is 1. The fourth-order valence-electron chi connectivity index (χ4n) is 2.68. The van der Waals surface area contributed by atoms with Crippen molar-refractivity contribution in [2.75, 3.05) is 26.3 Å². The number of hydrogen-bond donors (Lipinski definition) is 1. The first kappa shape index (κ1) is 16.5. The van der Waals surface area contributed by atoms with Crippen LogP contribution in [-0.4, -0.2) is 36.2 Å². The summed E-state index contributed by atoms with van der Waals surface area (Å²) in [6, 6.07) is 5.75. The Morgan fingerprint density at radius 2 is 1.88 bits per heavy atom. The lowest BCUT2D eigenvalue weighted by atomic mass is 10.1. The molecule has 0 saturated heterocycles. The summed E-state index contributed by atoms with van der Waals surface area (Å²) in [5.74, 6) is 1.45. The van der Waals surface area contributed by atoms with Crippen LogP contribution in [0.3, 0.4) is 0 Å². The fraction of sp³-hybridized carbons (Fsp3) is 0.278. The Bertz CT molecular complexity index is 784. The molecule has 0 unspecified atom stereocenters. The van der Waals surface area contributed by atoms with Crippen molar-refractivity contribution in [3.05, 3.63) is 58.1 Å². The van der Waals surface area contributed by atoms with Gasteiger partial charge in [-0.15, -0.1) is 13.2 Å². The van der Waals surface area contributed by atoms with Crippen LogP contribution in [0, 0.1) is 0 Å². The normalized spacial score (nSPS) is 13.0. The summed E-state index contributed by atoms with van der Waals surface area (Å²) in [7, 11) is 0. The first-order valence-electron chi connectivity index (χ1n) is 7.77. The number of nitrogens with one attached hydrogen (secondary N) is 1. The molecule has 6 heteroatoms. The molecule has 0 spiro atoms. The highest BCUT2D eigenvalue weighted by atomic mass is 32.1. The predicted octanol–water partition coefficient (Wildman–Crippen LogP) is 3.05. The van der Waals surface area contributed by atoms with E-state index in [0.717, 1.165) is 35.0 Å². The van der Waals surface area contributed by atoms with E-state index in [4.69, 9.17) is 9.47 Å². The molecule has 2 aromatic rings. The molecule has 126 valence electrons. The molecule has 24 heavy (non-hydrogen) atoms. The quantitative estimate of drug-likeness (QED) is 0.785. The lowest BCUT2D eigenvalue weighted by Crippen LogP contribution is -2.23. The Morgan fingerprint density at radius 3 is 2.58 bits per heavy atom. The molecule has 5 nitrogen and oxygen atoms in total. The molecule has 0 aliphatic carbocycles. The summed E-state index contributed by atoms with van der Waals surface area (Å²) in [5, 5.41) is 0. The van der Waals surface area contributed by atoms with E-state index in [-0.39, 0.29) is 4.87 Å². The summed E-state index contributed by atoms with van der Waals surface area (Å²) >= 11 is 1.23. The van der Waals surface area contributed by atoms with Crippen molar-refractivity contribution in [3.8, 4) is 22.8 Å². The summed E-state index contributed by atoms with van der Waals surface area (Å²) in [6.07, 6.45) is 3.70. The number of ether oxygens (including phenoxy) is 2. The van der Waals surface area contributed by atoms with Crippen molar-refractivity contribution in [2.24, 2.45) is 0 Å². The number of fused-ring (bicyclic) bond motifs is 1. The highest BCUT2D eigenvalue weighted by Crippen LogP contribution is 2.35. The summed E-state index contributed by atoms with van der Waals surface area (Å²) < 4.78 is 11.2. The van der Waals surface area contributed by atoms with Crippen LogP contribution >= 0.6 is 11.3 Å². The Hall–Kier alpha value is -2.31. The van der Waals surface area contributed by atoms with Gasteiger partial charge in [-0.1, -0.05) is 23.5 Å². The van der Waals surface area contributed by atoms with Crippen LogP contribution < -0.4 is 14.3 Å². The smallest absolute Gasteiger partial charge is 0.305 e. The van der Waals surface area contributed by atoms with Gasteiger partial charge in [0.05, 0.1) is 5.69 Å². The molecule has 1 N–H and O–H groups in total. The summed E-state index contributed by atoms with van der Waals surface area (Å²) in [4.78, 5) is 18.0. The van der Waals surface area contributed by atoms with Crippen LogP contribution in [-0.2, 0) is 6.54 Å². The number of rotatable bonds is 7. The molecule has 1 aromatic carbocycles. The van der Waals surface area contributed by atoms with Crippen LogP contribution in [0.25, 0.3) is 11.3 Å². The van der Waals surface area contributed by atoms with Crippen LogP contribution in [0.5, 0.6) is 11.5 Å². The molecule has 0 radical (unpaired) electrons. The predicted molar refractivity (Wildman–Crippen MR) is 97.0 cm³/mol. The van der Waals surface area contributed by atoms with Gasteiger partial charge in [-0.05, 0) is 18.2 Å². The largest absolute Gasteiger partial charge is 0.486 e. The maximum absolute atomic E-state index is 11.9. The van der Waals surface area contributed by atoms with Gasteiger partial charge in [-0.25, -0.2) is 0 Å². The Balaban J connectivity index is 1.92. The zero-order valence-corrected chi connectivity index (χ0v) is 14.2. The van der Waals surface area contributed by atoms with Crippen molar-refractivity contribution in [1.82, 2.24) is 9.88 Å². The Labute approximate surface area is 144 Å². The molecule has 2 heterocycles. The van der Waals surface area contributed by atoms with Crippen LogP contribution in [0.4, 0.5) is 0 Å². The first-order chi connectivity index (χ1) is 11.7. The summed E-state index contributed by atoms with van der Waals surface area (Å²) in [5.41, 5.74) is 1.75. The van der Waals surface area contributed by atoms with Crippen molar-refractivity contribution in [3.63, 3.8) is 0 Å². The molecule has 0 atom stereocenters. The third kappa shape index (κ3) is 3.60. The third-order valence-electron chi connectivity index (χ3n) is 3.69. The van der Waals surface area contributed by atoms with Crippen LogP contribution in [0.2, 0.25) is 0 Å². The molecular weight excluding hydrogens is 324 g/mol. The van der Waals surface area contributed by atoms with Gasteiger partial charge in [0.25, 0.3) is 0 Å². The van der Waals surface area contributed by atoms with E-state index in [9.17, 15) is 4.79 Å². The maximum Gasteiger partial charge on any atom is 0.305 e. The second-order valence-corrected chi connectivity index (χ2v) is 6.51. The van der Waals surface area contributed by atoms with Gasteiger partial charge in [0, 0.05) is 30.1 Å².